The second-order valence-electron chi connectivity index (χ2n) is 5.04. The van der Waals surface area contributed by atoms with Gasteiger partial charge in [-0.2, -0.15) is 5.01 Å². The molecule has 0 aliphatic carbocycles. The van der Waals surface area contributed by atoms with Gasteiger partial charge in [0.05, 0.1) is 18.1 Å². The highest BCUT2D eigenvalue weighted by Gasteiger charge is 2.39. The first-order valence-corrected chi connectivity index (χ1v) is 6.39. The van der Waals surface area contributed by atoms with Crippen molar-refractivity contribution < 1.29 is 9.53 Å². The molecule has 0 bridgehead atoms. The van der Waals surface area contributed by atoms with Gasteiger partial charge in [-0.15, -0.1) is 10.2 Å². The van der Waals surface area contributed by atoms with E-state index >= 15 is 0 Å². The predicted molar refractivity (Wildman–Crippen MR) is 73.4 cm³/mol. The lowest BCUT2D eigenvalue weighted by atomic mass is 10.3. The van der Waals surface area contributed by atoms with Gasteiger partial charge in [-0.05, 0) is 26.0 Å². The highest BCUT2D eigenvalue weighted by molar-refractivity contribution is 5.94. The molecule has 0 saturated carbocycles. The summed E-state index contributed by atoms with van der Waals surface area (Å²) >= 11 is 0. The van der Waals surface area contributed by atoms with E-state index in [-0.39, 0.29) is 11.8 Å². The summed E-state index contributed by atoms with van der Waals surface area (Å²) in [7, 11) is 0. The number of hydrogen-bond acceptors (Lipinski definition) is 6. The van der Waals surface area contributed by atoms with Gasteiger partial charge in [0.1, 0.15) is 0 Å². The Kier molecular flexibility index (Phi) is 2.93. The van der Waals surface area contributed by atoms with Crippen molar-refractivity contribution in [3.05, 3.63) is 36.4 Å². The fraction of sp³-hybridized carbons (Fsp3) is 0.308. The van der Waals surface area contributed by atoms with Gasteiger partial charge >= 0.3 is 0 Å². The van der Waals surface area contributed by atoms with E-state index in [2.05, 4.69) is 20.4 Å². The van der Waals surface area contributed by atoms with E-state index in [0.29, 0.717) is 5.69 Å². The first-order chi connectivity index (χ1) is 9.97. The molecule has 0 unspecified atom stereocenters. The minimum Gasteiger partial charge on any atom is -0.447 e. The van der Waals surface area contributed by atoms with E-state index in [1.807, 2.05) is 6.07 Å². The molecule has 21 heavy (non-hydrogen) atoms. The summed E-state index contributed by atoms with van der Waals surface area (Å²) in [6.45, 7) is 4.96. The average Bonchev–Trinajstić information content (AvgIpc) is 3.03. The molecule has 3 heterocycles. The summed E-state index contributed by atoms with van der Waals surface area (Å²) in [5, 5.41) is 13.5. The summed E-state index contributed by atoms with van der Waals surface area (Å²) in [5.41, 5.74) is 0.396. The third-order valence-corrected chi connectivity index (χ3v) is 2.97. The number of carbonyl (C=O) groups excluding carboxylic acids is 1. The maximum Gasteiger partial charge on any atom is 0.263 e. The summed E-state index contributed by atoms with van der Waals surface area (Å²) in [4.78, 5) is 15.6. The minimum atomic E-state index is -0.834. The molecule has 0 spiro atoms. The Morgan fingerprint density at radius 2 is 2.19 bits per heavy atom. The van der Waals surface area contributed by atoms with E-state index in [9.17, 15) is 4.79 Å². The maximum atomic E-state index is 11.6. The number of carbonyl (C=O) groups is 1. The normalized spacial score (nSPS) is 16.5. The standard InChI is InChI=1S/C13H14N6O2/c1-9(20)19-13(2,3)21-12(16-19)11-8-18(17-15-11)10-5-4-6-14-7-10/h4-8H,1-3H3. The van der Waals surface area contributed by atoms with E-state index in [4.69, 9.17) is 4.74 Å². The van der Waals surface area contributed by atoms with Gasteiger partial charge in [0.25, 0.3) is 5.90 Å². The van der Waals surface area contributed by atoms with Gasteiger partial charge in [-0.25, -0.2) is 4.68 Å². The lowest BCUT2D eigenvalue weighted by molar-refractivity contribution is -0.142. The molecule has 108 valence electrons. The Balaban J connectivity index is 1.91. The number of aromatic nitrogens is 4. The van der Waals surface area contributed by atoms with Crippen LogP contribution in [0, 0.1) is 0 Å². The van der Waals surface area contributed by atoms with Gasteiger partial charge < -0.3 is 4.74 Å². The number of hydrogen-bond donors (Lipinski definition) is 0. The first-order valence-electron chi connectivity index (χ1n) is 6.39. The molecule has 0 N–H and O–H groups in total. The molecule has 0 fully saturated rings. The molecule has 1 aliphatic rings. The molecular formula is C13H14N6O2. The van der Waals surface area contributed by atoms with Crippen molar-refractivity contribution in [1.82, 2.24) is 25.0 Å². The monoisotopic (exact) mass is 286 g/mol. The van der Waals surface area contributed by atoms with Crippen LogP contribution >= 0.6 is 0 Å². The third kappa shape index (κ3) is 2.35. The highest BCUT2D eigenvalue weighted by Crippen LogP contribution is 2.25. The molecule has 0 saturated heterocycles. The van der Waals surface area contributed by atoms with E-state index in [1.54, 1.807) is 43.2 Å². The molecule has 0 atom stereocenters. The van der Waals surface area contributed by atoms with Crippen LogP contribution in [0.15, 0.2) is 35.8 Å². The molecule has 2 aromatic heterocycles. The summed E-state index contributed by atoms with van der Waals surface area (Å²) in [6, 6.07) is 3.66. The van der Waals surface area contributed by atoms with Crippen LogP contribution < -0.4 is 0 Å². The van der Waals surface area contributed by atoms with E-state index < -0.39 is 5.72 Å². The smallest absolute Gasteiger partial charge is 0.263 e. The zero-order chi connectivity index (χ0) is 15.0. The average molecular weight is 286 g/mol. The third-order valence-electron chi connectivity index (χ3n) is 2.97. The lowest BCUT2D eigenvalue weighted by Gasteiger charge is -2.25. The second-order valence-corrected chi connectivity index (χ2v) is 5.04. The zero-order valence-electron chi connectivity index (χ0n) is 11.9. The van der Waals surface area contributed by atoms with Crippen molar-refractivity contribution in [1.29, 1.82) is 0 Å². The number of rotatable bonds is 2. The lowest BCUT2D eigenvalue weighted by Crippen LogP contribution is -2.41. The maximum absolute atomic E-state index is 11.6. The van der Waals surface area contributed by atoms with E-state index in [1.165, 1.54) is 11.9 Å². The quantitative estimate of drug-likeness (QED) is 0.820. The van der Waals surface area contributed by atoms with Crippen molar-refractivity contribution in [2.24, 2.45) is 5.10 Å². The SMILES string of the molecule is CC(=O)N1N=C(c2cn(-c3cccnc3)nn2)OC1(C)C. The molecule has 3 rings (SSSR count). The van der Waals surface area contributed by atoms with Crippen molar-refractivity contribution >= 4 is 11.8 Å². The van der Waals surface area contributed by atoms with Gasteiger partial charge in [0.15, 0.2) is 5.69 Å². The largest absolute Gasteiger partial charge is 0.447 e. The van der Waals surface area contributed by atoms with Gasteiger partial charge in [0, 0.05) is 13.1 Å². The van der Waals surface area contributed by atoms with Crippen molar-refractivity contribution in [3.8, 4) is 5.69 Å². The summed E-state index contributed by atoms with van der Waals surface area (Å²) in [5.74, 6) is 0.0694. The Morgan fingerprint density at radius 3 is 2.81 bits per heavy atom. The van der Waals surface area contributed by atoms with Crippen LogP contribution in [-0.2, 0) is 9.53 Å². The number of ether oxygens (including phenoxy) is 1. The molecule has 2 aromatic rings. The molecule has 1 amide bonds. The fourth-order valence-electron chi connectivity index (χ4n) is 2.04. The van der Waals surface area contributed by atoms with Crippen LogP contribution in [0.4, 0.5) is 0 Å². The molecule has 0 aromatic carbocycles. The Morgan fingerprint density at radius 1 is 1.38 bits per heavy atom. The molecule has 8 nitrogen and oxygen atoms in total. The van der Waals surface area contributed by atoms with Crippen LogP contribution in [0.25, 0.3) is 5.69 Å². The predicted octanol–water partition coefficient (Wildman–Crippen LogP) is 0.939. The topological polar surface area (TPSA) is 85.5 Å². The summed E-state index contributed by atoms with van der Waals surface area (Å²) < 4.78 is 7.25. The molecular weight excluding hydrogens is 272 g/mol. The van der Waals surface area contributed by atoms with Crippen LogP contribution in [0.1, 0.15) is 26.5 Å². The fourth-order valence-corrected chi connectivity index (χ4v) is 2.04. The van der Waals surface area contributed by atoms with Crippen LogP contribution in [-0.4, -0.2) is 42.5 Å². The van der Waals surface area contributed by atoms with Gasteiger partial charge in [-0.1, -0.05) is 5.21 Å². The van der Waals surface area contributed by atoms with Crippen LogP contribution in [0.5, 0.6) is 0 Å². The second kappa shape index (κ2) is 4.65. The van der Waals surface area contributed by atoms with Crippen molar-refractivity contribution in [3.63, 3.8) is 0 Å². The minimum absolute atomic E-state index is 0.199. The van der Waals surface area contributed by atoms with Crippen molar-refractivity contribution in [2.75, 3.05) is 0 Å². The van der Waals surface area contributed by atoms with E-state index in [0.717, 1.165) is 5.69 Å². The number of amides is 1. The van der Waals surface area contributed by atoms with Gasteiger partial charge in [-0.3, -0.25) is 9.78 Å². The Labute approximate surface area is 121 Å². The number of nitrogens with zero attached hydrogens (tertiary/aromatic N) is 6. The highest BCUT2D eigenvalue weighted by atomic mass is 16.6. The Bertz CT molecular complexity index is 706. The molecule has 8 heteroatoms. The number of hydrazone groups is 1. The van der Waals surface area contributed by atoms with Gasteiger partial charge in [0.2, 0.25) is 11.6 Å². The molecule has 1 aliphatic heterocycles. The number of pyridine rings is 1. The summed E-state index contributed by atoms with van der Waals surface area (Å²) in [6.07, 6.45) is 5.02. The van der Waals surface area contributed by atoms with Crippen LogP contribution in [0.2, 0.25) is 0 Å². The van der Waals surface area contributed by atoms with Crippen LogP contribution in [0.3, 0.4) is 0 Å². The van der Waals surface area contributed by atoms with Crippen molar-refractivity contribution in [2.45, 2.75) is 26.5 Å². The zero-order valence-corrected chi connectivity index (χ0v) is 11.9. The Hall–Kier alpha value is -2.77. The molecule has 0 radical (unpaired) electrons. The first kappa shape index (κ1) is 13.2.